The summed E-state index contributed by atoms with van der Waals surface area (Å²) in [4.78, 5) is 33.2. The van der Waals surface area contributed by atoms with E-state index in [0.717, 1.165) is 0 Å². The highest BCUT2D eigenvalue weighted by Gasteiger charge is 2.42. The van der Waals surface area contributed by atoms with Crippen LogP contribution in [0.25, 0.3) is 33.7 Å². The average Bonchev–Trinajstić information content (AvgIpc) is 3.40. The van der Waals surface area contributed by atoms with E-state index in [2.05, 4.69) is 15.1 Å². The van der Waals surface area contributed by atoms with Crippen molar-refractivity contribution in [3.63, 3.8) is 0 Å². The lowest BCUT2D eigenvalue weighted by molar-refractivity contribution is -0.143. The molecule has 1 aromatic carbocycles. The summed E-state index contributed by atoms with van der Waals surface area (Å²) in [6, 6.07) is 9.37. The van der Waals surface area contributed by atoms with Crippen molar-refractivity contribution in [1.29, 1.82) is 0 Å². The Bertz CT molecular complexity index is 1710. The van der Waals surface area contributed by atoms with Gasteiger partial charge in [-0.2, -0.15) is 18.3 Å². The van der Waals surface area contributed by atoms with E-state index >= 15 is 0 Å². The molecule has 4 aromatic heterocycles. The van der Waals surface area contributed by atoms with Gasteiger partial charge in [-0.15, -0.1) is 0 Å². The predicted molar refractivity (Wildman–Crippen MR) is 125 cm³/mol. The van der Waals surface area contributed by atoms with Gasteiger partial charge in [0.1, 0.15) is 11.5 Å². The second-order valence-electron chi connectivity index (χ2n) is 8.12. The lowest BCUT2D eigenvalue weighted by atomic mass is 10.0. The monoisotopic (exact) mass is 493 g/mol. The van der Waals surface area contributed by atoms with Crippen LogP contribution in [-0.2, 0) is 13.2 Å². The molecule has 0 bridgehead atoms. The molecule has 5 rings (SSSR count). The number of carbonyl (C=O) groups excluding carboxylic acids is 1. The van der Waals surface area contributed by atoms with Crippen LogP contribution >= 0.6 is 0 Å². The maximum absolute atomic E-state index is 14.4. The highest BCUT2D eigenvalue weighted by molar-refractivity contribution is 6.01. The van der Waals surface area contributed by atoms with E-state index in [1.54, 1.807) is 44.4 Å². The van der Waals surface area contributed by atoms with Crippen LogP contribution in [0.1, 0.15) is 21.6 Å². The van der Waals surface area contributed by atoms with E-state index in [4.69, 9.17) is 5.73 Å². The highest BCUT2D eigenvalue weighted by Crippen LogP contribution is 2.39. The SMILES string of the molecule is Cc1cc(-c2nn(-c3cccc4ncccc34)c(C(F)(F)F)c2C(N)=O)cnc1-n1ccn(C)c1=O. The molecule has 0 fully saturated rings. The number of amides is 1. The molecule has 9 nitrogen and oxygen atoms in total. The first kappa shape index (κ1) is 23.0. The summed E-state index contributed by atoms with van der Waals surface area (Å²) in [5.74, 6) is -0.997. The van der Waals surface area contributed by atoms with Crippen LogP contribution in [0.2, 0.25) is 0 Å². The van der Waals surface area contributed by atoms with E-state index in [0.29, 0.717) is 27.0 Å². The molecule has 0 radical (unpaired) electrons. The quantitative estimate of drug-likeness (QED) is 0.412. The molecule has 0 saturated carbocycles. The number of hydrogen-bond acceptors (Lipinski definition) is 5. The summed E-state index contributed by atoms with van der Waals surface area (Å²) in [5, 5.41) is 4.62. The molecule has 0 unspecified atom stereocenters. The number of fused-ring (bicyclic) bond motifs is 1. The number of pyridine rings is 2. The molecular weight excluding hydrogens is 475 g/mol. The normalized spacial score (nSPS) is 11.8. The number of nitrogens with two attached hydrogens (primary N) is 1. The minimum absolute atomic E-state index is 0.0822. The minimum Gasteiger partial charge on any atom is -0.365 e. The molecule has 4 heterocycles. The summed E-state index contributed by atoms with van der Waals surface area (Å²) in [6.45, 7) is 1.65. The molecule has 182 valence electrons. The van der Waals surface area contributed by atoms with Crippen molar-refractivity contribution in [2.24, 2.45) is 12.8 Å². The second-order valence-corrected chi connectivity index (χ2v) is 8.12. The third kappa shape index (κ3) is 3.63. The summed E-state index contributed by atoms with van der Waals surface area (Å²) < 4.78 is 46.4. The Kier molecular flexibility index (Phi) is 5.23. The van der Waals surface area contributed by atoms with Gasteiger partial charge in [-0.25, -0.2) is 14.5 Å². The molecule has 36 heavy (non-hydrogen) atoms. The van der Waals surface area contributed by atoms with Crippen molar-refractivity contribution in [3.05, 3.63) is 88.5 Å². The van der Waals surface area contributed by atoms with Crippen molar-refractivity contribution in [2.75, 3.05) is 0 Å². The number of carbonyl (C=O) groups is 1. The Balaban J connectivity index is 1.78. The van der Waals surface area contributed by atoms with Gasteiger partial charge >= 0.3 is 11.9 Å². The summed E-state index contributed by atoms with van der Waals surface area (Å²) in [6.07, 6.45) is 0.899. The third-order valence-corrected chi connectivity index (χ3v) is 5.75. The van der Waals surface area contributed by atoms with Crippen LogP contribution < -0.4 is 11.4 Å². The highest BCUT2D eigenvalue weighted by atomic mass is 19.4. The van der Waals surface area contributed by atoms with E-state index in [1.165, 1.54) is 39.9 Å². The largest absolute Gasteiger partial charge is 0.434 e. The van der Waals surface area contributed by atoms with Crippen molar-refractivity contribution in [2.45, 2.75) is 13.1 Å². The summed E-state index contributed by atoms with van der Waals surface area (Å²) in [5.41, 5.74) is 3.91. The molecule has 0 saturated heterocycles. The second kappa shape index (κ2) is 8.18. The minimum atomic E-state index is -4.96. The van der Waals surface area contributed by atoms with E-state index in [-0.39, 0.29) is 22.6 Å². The van der Waals surface area contributed by atoms with E-state index in [9.17, 15) is 22.8 Å². The molecular formula is C24H18F3N7O2. The fraction of sp³-hybridized carbons (Fsp3) is 0.125. The summed E-state index contributed by atoms with van der Waals surface area (Å²) in [7, 11) is 1.58. The number of benzene rings is 1. The number of aryl methyl sites for hydroxylation is 2. The predicted octanol–water partition coefficient (Wildman–Crippen LogP) is 3.40. The smallest absolute Gasteiger partial charge is 0.365 e. The van der Waals surface area contributed by atoms with Crippen molar-refractivity contribution >= 4 is 16.8 Å². The van der Waals surface area contributed by atoms with Gasteiger partial charge in [0.05, 0.1) is 16.8 Å². The third-order valence-electron chi connectivity index (χ3n) is 5.75. The van der Waals surface area contributed by atoms with Gasteiger partial charge < -0.3 is 10.3 Å². The topological polar surface area (TPSA) is 114 Å². The number of imidazole rings is 1. The molecule has 2 N–H and O–H groups in total. The maximum atomic E-state index is 14.4. The van der Waals surface area contributed by atoms with Crippen LogP contribution in [-0.4, -0.2) is 34.8 Å². The number of rotatable bonds is 4. The first-order valence-corrected chi connectivity index (χ1v) is 10.6. The fourth-order valence-corrected chi connectivity index (χ4v) is 4.14. The Hall–Kier alpha value is -4.74. The lowest BCUT2D eigenvalue weighted by Gasteiger charge is -2.13. The Morgan fingerprint density at radius 1 is 1.08 bits per heavy atom. The van der Waals surface area contributed by atoms with Gasteiger partial charge in [-0.05, 0) is 42.8 Å². The Labute approximate surface area is 201 Å². The number of halogens is 3. The molecule has 0 atom stereocenters. The first-order valence-electron chi connectivity index (χ1n) is 10.6. The van der Waals surface area contributed by atoms with Crippen molar-refractivity contribution < 1.29 is 18.0 Å². The average molecular weight is 493 g/mol. The van der Waals surface area contributed by atoms with E-state index in [1.807, 2.05) is 0 Å². The van der Waals surface area contributed by atoms with E-state index < -0.39 is 23.3 Å². The van der Waals surface area contributed by atoms with Crippen molar-refractivity contribution in [1.82, 2.24) is 28.9 Å². The zero-order valence-corrected chi connectivity index (χ0v) is 19.0. The summed E-state index contributed by atoms with van der Waals surface area (Å²) >= 11 is 0. The van der Waals surface area contributed by atoms with Gasteiger partial charge in [-0.1, -0.05) is 6.07 Å². The maximum Gasteiger partial charge on any atom is 0.434 e. The molecule has 12 heteroatoms. The molecule has 0 spiro atoms. The zero-order valence-electron chi connectivity index (χ0n) is 19.0. The molecule has 0 aliphatic rings. The van der Waals surface area contributed by atoms with Crippen molar-refractivity contribution in [3.8, 4) is 22.8 Å². The number of aromatic nitrogens is 6. The van der Waals surface area contributed by atoms with Crippen LogP contribution in [0, 0.1) is 6.92 Å². The number of primary amides is 1. The van der Waals surface area contributed by atoms with Gasteiger partial charge in [-0.3, -0.25) is 14.3 Å². The molecule has 0 aliphatic carbocycles. The molecule has 5 aromatic rings. The van der Waals surface area contributed by atoms with Crippen LogP contribution in [0.5, 0.6) is 0 Å². The molecule has 1 amide bonds. The van der Waals surface area contributed by atoms with Gasteiger partial charge in [0.15, 0.2) is 5.69 Å². The fourth-order valence-electron chi connectivity index (χ4n) is 4.14. The number of nitrogens with zero attached hydrogens (tertiary/aromatic N) is 6. The van der Waals surface area contributed by atoms with Crippen LogP contribution in [0.4, 0.5) is 13.2 Å². The Morgan fingerprint density at radius 2 is 1.86 bits per heavy atom. The first-order chi connectivity index (χ1) is 17.1. The zero-order chi connectivity index (χ0) is 25.8. The van der Waals surface area contributed by atoms with Gasteiger partial charge in [0.25, 0.3) is 5.91 Å². The lowest BCUT2D eigenvalue weighted by Crippen LogP contribution is -2.22. The van der Waals surface area contributed by atoms with Gasteiger partial charge in [0, 0.05) is 42.8 Å². The Morgan fingerprint density at radius 3 is 2.50 bits per heavy atom. The van der Waals surface area contributed by atoms with Crippen LogP contribution in [0.3, 0.4) is 0 Å². The van der Waals surface area contributed by atoms with Crippen LogP contribution in [0.15, 0.2) is 66.0 Å². The number of hydrogen-bond donors (Lipinski definition) is 1. The number of alkyl halides is 3. The van der Waals surface area contributed by atoms with Gasteiger partial charge in [0.2, 0.25) is 0 Å². The molecule has 0 aliphatic heterocycles. The standard InChI is InChI=1S/C24H18F3N7O2/c1-13-11-14(12-30-22(13)33-10-9-32(2)23(33)36)19-18(21(28)35)20(24(25,26)27)34(31-19)17-7-3-6-16-15(17)5-4-8-29-16/h3-12H,1-2H3,(H2,28,35).